The first-order valence-electron chi connectivity index (χ1n) is 10.7. The predicted molar refractivity (Wildman–Crippen MR) is 112 cm³/mol. The molecule has 0 unspecified atom stereocenters. The number of non-ortho nitro benzene ring substituents is 1. The highest BCUT2D eigenvalue weighted by atomic mass is 16.6. The van der Waals surface area contributed by atoms with Gasteiger partial charge in [0.1, 0.15) is 0 Å². The Morgan fingerprint density at radius 3 is 2.77 bits per heavy atom. The normalized spacial score (nSPS) is 22.5. The summed E-state index contributed by atoms with van der Waals surface area (Å²) in [5, 5.41) is 14.3. The summed E-state index contributed by atoms with van der Waals surface area (Å²) in [6, 6.07) is 7.98. The molecule has 1 aromatic heterocycles. The molecular formula is C22H24N4O5. The number of carbonyl (C=O) groups excluding carboxylic acids is 2. The number of carbonyl (C=O) groups is 2. The van der Waals surface area contributed by atoms with E-state index in [1.165, 1.54) is 12.3 Å². The minimum atomic E-state index is -0.408. The molecule has 1 saturated carbocycles. The fourth-order valence-corrected chi connectivity index (χ4v) is 4.66. The second-order valence-electron chi connectivity index (χ2n) is 8.56. The zero-order chi connectivity index (χ0) is 21.5. The quantitative estimate of drug-likeness (QED) is 0.582. The Hall–Kier alpha value is -3.36. The molecule has 2 fully saturated rings. The Morgan fingerprint density at radius 2 is 2.06 bits per heavy atom. The number of nitro groups is 1. The Labute approximate surface area is 179 Å². The van der Waals surface area contributed by atoms with Crippen molar-refractivity contribution in [2.45, 2.75) is 25.3 Å². The van der Waals surface area contributed by atoms with Crippen LogP contribution in [0.1, 0.15) is 29.0 Å². The fourth-order valence-electron chi connectivity index (χ4n) is 4.66. The van der Waals surface area contributed by atoms with Crippen LogP contribution < -0.4 is 10.2 Å². The van der Waals surface area contributed by atoms with E-state index in [1.54, 1.807) is 29.2 Å². The van der Waals surface area contributed by atoms with E-state index < -0.39 is 4.92 Å². The summed E-state index contributed by atoms with van der Waals surface area (Å²) in [7, 11) is 0. The second-order valence-corrected chi connectivity index (χ2v) is 8.56. The lowest BCUT2D eigenvalue weighted by Crippen LogP contribution is -2.62. The molecule has 2 atom stereocenters. The van der Waals surface area contributed by atoms with Crippen molar-refractivity contribution >= 4 is 23.2 Å². The van der Waals surface area contributed by atoms with Gasteiger partial charge in [-0.15, -0.1) is 0 Å². The third-order valence-corrected chi connectivity index (χ3v) is 6.52. The van der Waals surface area contributed by atoms with Crippen molar-refractivity contribution in [2.24, 2.45) is 11.8 Å². The van der Waals surface area contributed by atoms with Crippen molar-refractivity contribution in [1.29, 1.82) is 0 Å². The van der Waals surface area contributed by atoms with Gasteiger partial charge in [0.15, 0.2) is 5.76 Å². The molecule has 0 bridgehead atoms. The summed E-state index contributed by atoms with van der Waals surface area (Å²) in [5.41, 5.74) is 1.75. The summed E-state index contributed by atoms with van der Waals surface area (Å²) in [6.07, 6.45) is 4.17. The highest BCUT2D eigenvalue weighted by Gasteiger charge is 2.43. The summed E-state index contributed by atoms with van der Waals surface area (Å²) in [4.78, 5) is 40.7. The Morgan fingerprint density at radius 1 is 1.23 bits per heavy atom. The fraction of sp³-hybridized carbons (Fsp3) is 0.455. The van der Waals surface area contributed by atoms with E-state index in [0.717, 1.165) is 24.1 Å². The van der Waals surface area contributed by atoms with Crippen molar-refractivity contribution in [3.8, 4) is 0 Å². The van der Waals surface area contributed by atoms with Gasteiger partial charge >= 0.3 is 0 Å². The van der Waals surface area contributed by atoms with E-state index in [9.17, 15) is 19.7 Å². The van der Waals surface area contributed by atoms with Gasteiger partial charge in [0.25, 0.3) is 11.6 Å². The summed E-state index contributed by atoms with van der Waals surface area (Å²) < 4.78 is 5.27. The zero-order valence-electron chi connectivity index (χ0n) is 17.0. The van der Waals surface area contributed by atoms with Gasteiger partial charge in [-0.2, -0.15) is 0 Å². The van der Waals surface area contributed by atoms with Gasteiger partial charge in [-0.1, -0.05) is 0 Å². The van der Waals surface area contributed by atoms with Gasteiger partial charge in [-0.05, 0) is 48.9 Å². The average Bonchev–Trinajstić information content (AvgIpc) is 3.46. The number of benzene rings is 1. The van der Waals surface area contributed by atoms with Gasteiger partial charge in [-0.25, -0.2) is 0 Å². The van der Waals surface area contributed by atoms with Crippen LogP contribution in [0.3, 0.4) is 0 Å². The number of nitrogens with zero attached hydrogens (tertiary/aromatic N) is 3. The SMILES string of the molecule is O=C(NCC1CC1)[C@H]1Cc2cc([N+](=O)[O-])ccc2N2CCN(C(=O)c3ccco3)C[C@H]12. The molecule has 9 nitrogen and oxygen atoms in total. The van der Waals surface area contributed by atoms with Crippen LogP contribution in [0.25, 0.3) is 0 Å². The lowest BCUT2D eigenvalue weighted by atomic mass is 9.83. The van der Waals surface area contributed by atoms with Crippen LogP contribution in [-0.4, -0.2) is 53.9 Å². The van der Waals surface area contributed by atoms with E-state index >= 15 is 0 Å². The lowest BCUT2D eigenvalue weighted by molar-refractivity contribution is -0.384. The van der Waals surface area contributed by atoms with Crippen LogP contribution >= 0.6 is 0 Å². The molecule has 1 N–H and O–H groups in total. The number of fused-ring (bicyclic) bond motifs is 3. The van der Waals surface area contributed by atoms with Crippen LogP contribution in [0.5, 0.6) is 0 Å². The minimum absolute atomic E-state index is 0.0287. The molecule has 9 heteroatoms. The van der Waals surface area contributed by atoms with Gasteiger partial charge in [-0.3, -0.25) is 19.7 Å². The first-order valence-corrected chi connectivity index (χ1v) is 10.7. The third-order valence-electron chi connectivity index (χ3n) is 6.52. The molecule has 1 aliphatic carbocycles. The average molecular weight is 424 g/mol. The van der Waals surface area contributed by atoms with E-state index in [4.69, 9.17) is 4.42 Å². The first-order chi connectivity index (χ1) is 15.0. The molecule has 162 valence electrons. The van der Waals surface area contributed by atoms with Crippen LogP contribution in [0.2, 0.25) is 0 Å². The van der Waals surface area contributed by atoms with Crippen LogP contribution in [0, 0.1) is 22.0 Å². The smallest absolute Gasteiger partial charge is 0.289 e. The number of nitro benzene ring substituents is 1. The van der Waals surface area contributed by atoms with E-state index in [-0.39, 0.29) is 35.2 Å². The monoisotopic (exact) mass is 424 g/mol. The maximum atomic E-state index is 13.1. The minimum Gasteiger partial charge on any atom is -0.459 e. The topological polar surface area (TPSA) is 109 Å². The molecule has 2 aliphatic heterocycles. The van der Waals surface area contributed by atoms with Crippen LogP contribution in [-0.2, 0) is 11.2 Å². The van der Waals surface area contributed by atoms with E-state index in [1.807, 2.05) is 0 Å². The summed E-state index contributed by atoms with van der Waals surface area (Å²) >= 11 is 0. The van der Waals surface area contributed by atoms with Crippen LogP contribution in [0.4, 0.5) is 11.4 Å². The van der Waals surface area contributed by atoms with Gasteiger partial charge in [0, 0.05) is 44.0 Å². The highest BCUT2D eigenvalue weighted by molar-refractivity contribution is 5.92. The Kier molecular flexibility index (Phi) is 4.88. The van der Waals surface area contributed by atoms with Crippen molar-refractivity contribution in [3.63, 3.8) is 0 Å². The number of hydrogen-bond acceptors (Lipinski definition) is 6. The maximum Gasteiger partial charge on any atom is 0.289 e. The lowest BCUT2D eigenvalue weighted by Gasteiger charge is -2.48. The summed E-state index contributed by atoms with van der Waals surface area (Å²) in [6.45, 7) is 2.10. The Balaban J connectivity index is 1.43. The predicted octanol–water partition coefficient (Wildman–Crippen LogP) is 2.22. The number of amides is 2. The molecule has 5 rings (SSSR count). The molecule has 2 aromatic rings. The molecule has 2 amide bonds. The number of nitrogens with one attached hydrogen (secondary N) is 1. The third kappa shape index (κ3) is 3.75. The number of piperazine rings is 1. The summed E-state index contributed by atoms with van der Waals surface area (Å²) in [5.74, 6) is 0.221. The highest BCUT2D eigenvalue weighted by Crippen LogP contribution is 2.38. The Bertz CT molecular complexity index is 1020. The van der Waals surface area contributed by atoms with Crippen molar-refractivity contribution < 1.29 is 18.9 Å². The van der Waals surface area contributed by atoms with Crippen molar-refractivity contribution in [2.75, 3.05) is 31.1 Å². The zero-order valence-corrected chi connectivity index (χ0v) is 17.0. The van der Waals surface area contributed by atoms with Crippen molar-refractivity contribution in [1.82, 2.24) is 10.2 Å². The molecule has 3 aliphatic rings. The van der Waals surface area contributed by atoms with Crippen molar-refractivity contribution in [3.05, 3.63) is 58.0 Å². The van der Waals surface area contributed by atoms with Gasteiger partial charge < -0.3 is 19.5 Å². The first kappa shape index (κ1) is 19.6. The molecule has 1 saturated heterocycles. The standard InChI is InChI=1S/C22H24N4O5/c27-21(23-12-14-3-4-14)17-11-15-10-16(26(29)30)5-6-18(15)25-8-7-24(13-19(17)25)22(28)20-2-1-9-31-20/h1-2,5-6,9-10,14,17,19H,3-4,7-8,11-13H2,(H,23,27)/t17-,19+/m0/s1. The van der Waals surface area contributed by atoms with Gasteiger partial charge in [0.05, 0.1) is 23.1 Å². The van der Waals surface area contributed by atoms with E-state index in [2.05, 4.69) is 10.2 Å². The second kappa shape index (κ2) is 7.72. The maximum absolute atomic E-state index is 13.1. The number of rotatable bonds is 5. The number of hydrogen-bond donors (Lipinski definition) is 1. The molecular weight excluding hydrogens is 400 g/mol. The molecule has 3 heterocycles. The molecule has 1 aromatic carbocycles. The molecule has 31 heavy (non-hydrogen) atoms. The van der Waals surface area contributed by atoms with Gasteiger partial charge in [0.2, 0.25) is 5.91 Å². The number of furan rings is 1. The molecule has 0 radical (unpaired) electrons. The largest absolute Gasteiger partial charge is 0.459 e. The molecule has 0 spiro atoms. The van der Waals surface area contributed by atoms with E-state index in [0.29, 0.717) is 38.5 Å². The number of anilines is 1. The van der Waals surface area contributed by atoms with Crippen LogP contribution in [0.15, 0.2) is 41.0 Å².